The van der Waals surface area contributed by atoms with Gasteiger partial charge in [0.2, 0.25) is 0 Å². The molecule has 0 bridgehead atoms. The molecule has 0 aliphatic rings. The Balaban J connectivity index is 2.98. The summed E-state index contributed by atoms with van der Waals surface area (Å²) < 4.78 is 11.9. The fourth-order valence-corrected chi connectivity index (χ4v) is 2.06. The van der Waals surface area contributed by atoms with Gasteiger partial charge >= 0.3 is 58.7 Å². The first-order chi connectivity index (χ1) is 4.30. The molecule has 1 rings (SSSR count). The zero-order valence-corrected chi connectivity index (χ0v) is 7.39. The molecular formula is C7H9AsO. The van der Waals surface area contributed by atoms with E-state index in [2.05, 4.69) is 0 Å². The van der Waals surface area contributed by atoms with Gasteiger partial charge in [-0.3, -0.25) is 0 Å². The molecule has 1 atom stereocenters. The summed E-state index contributed by atoms with van der Waals surface area (Å²) in [7, 11) is 0. The van der Waals surface area contributed by atoms with Gasteiger partial charge in [-0.15, -0.1) is 0 Å². The third-order valence-corrected chi connectivity index (χ3v) is 3.59. The van der Waals surface area contributed by atoms with E-state index in [1.54, 1.807) is 0 Å². The topological polar surface area (TPSA) is 17.1 Å². The van der Waals surface area contributed by atoms with Crippen molar-refractivity contribution in [3.63, 3.8) is 0 Å². The quantitative estimate of drug-likeness (QED) is 0.586. The molecule has 0 saturated carbocycles. The third kappa shape index (κ3) is 1.76. The zero-order valence-electron chi connectivity index (χ0n) is 5.29. The summed E-state index contributed by atoms with van der Waals surface area (Å²) in [5, 5.41) is 0. The molecule has 2 heteroatoms. The maximum absolute atomic E-state index is 10.9. The summed E-state index contributed by atoms with van der Waals surface area (Å²) in [6.07, 6.45) is 0. The van der Waals surface area contributed by atoms with Crippen LogP contribution in [-0.2, 0) is 3.74 Å². The molecule has 1 unspecified atom stereocenters. The van der Waals surface area contributed by atoms with Crippen LogP contribution in [0.1, 0.15) is 0 Å². The van der Waals surface area contributed by atoms with Crippen molar-refractivity contribution in [1.82, 2.24) is 0 Å². The van der Waals surface area contributed by atoms with E-state index in [1.165, 1.54) is 0 Å². The summed E-state index contributed by atoms with van der Waals surface area (Å²) in [6, 6.07) is 9.61. The molecule has 0 aliphatic heterocycles. The van der Waals surface area contributed by atoms with E-state index in [1.807, 2.05) is 36.0 Å². The summed E-state index contributed by atoms with van der Waals surface area (Å²) in [4.78, 5) is 0. The molecule has 1 nitrogen and oxygen atoms in total. The monoisotopic (exact) mass is 184 g/mol. The predicted octanol–water partition coefficient (Wildman–Crippen LogP) is 0.678. The first-order valence-corrected chi connectivity index (χ1v) is 6.87. The molecule has 48 valence electrons. The second-order valence-corrected chi connectivity index (χ2v) is 5.47. The van der Waals surface area contributed by atoms with Crippen LogP contribution in [0.5, 0.6) is 0 Å². The minimum atomic E-state index is -2.02. The number of hydrogen-bond acceptors (Lipinski definition) is 1. The number of benzene rings is 1. The summed E-state index contributed by atoms with van der Waals surface area (Å²) in [5.41, 5.74) is 1.81. The molecular weight excluding hydrogens is 175 g/mol. The van der Waals surface area contributed by atoms with Crippen molar-refractivity contribution in [3.8, 4) is 0 Å². The fraction of sp³-hybridized carbons (Fsp3) is 0.143. The molecule has 0 heterocycles. The molecule has 1 aromatic carbocycles. The van der Waals surface area contributed by atoms with Gasteiger partial charge in [0.25, 0.3) is 0 Å². The van der Waals surface area contributed by atoms with E-state index in [0.717, 1.165) is 4.35 Å². The van der Waals surface area contributed by atoms with Crippen molar-refractivity contribution in [2.24, 2.45) is 0 Å². The molecule has 0 fully saturated rings. The first kappa shape index (κ1) is 6.70. The standard InChI is InChI=1S/C7H9AsO/c1-8(9)7-5-3-2-4-6-7/h2-6,8H,1H3. The van der Waals surface area contributed by atoms with Gasteiger partial charge in [0.05, 0.1) is 0 Å². The van der Waals surface area contributed by atoms with Crippen LogP contribution in [0.2, 0.25) is 5.71 Å². The Morgan fingerprint density at radius 1 is 1.22 bits per heavy atom. The Kier molecular flexibility index (Phi) is 2.18. The van der Waals surface area contributed by atoms with Gasteiger partial charge in [-0.1, -0.05) is 0 Å². The Morgan fingerprint density at radius 2 is 1.78 bits per heavy atom. The molecule has 0 spiro atoms. The van der Waals surface area contributed by atoms with Crippen molar-refractivity contribution in [1.29, 1.82) is 0 Å². The van der Waals surface area contributed by atoms with Crippen molar-refractivity contribution in [2.75, 3.05) is 0 Å². The van der Waals surface area contributed by atoms with Crippen LogP contribution in [0.15, 0.2) is 30.3 Å². The predicted molar refractivity (Wildman–Crippen MR) is 39.8 cm³/mol. The van der Waals surface area contributed by atoms with Crippen LogP contribution in [0.3, 0.4) is 0 Å². The molecule has 9 heavy (non-hydrogen) atoms. The van der Waals surface area contributed by atoms with Crippen LogP contribution in [0, 0.1) is 0 Å². The van der Waals surface area contributed by atoms with E-state index in [-0.39, 0.29) is 0 Å². The van der Waals surface area contributed by atoms with Gasteiger partial charge in [-0.05, 0) is 0 Å². The molecule has 0 aromatic heterocycles. The summed E-state index contributed by atoms with van der Waals surface area (Å²) >= 11 is -2.02. The van der Waals surface area contributed by atoms with Crippen molar-refractivity contribution in [3.05, 3.63) is 30.3 Å². The van der Waals surface area contributed by atoms with Gasteiger partial charge in [0.15, 0.2) is 0 Å². The number of rotatable bonds is 1. The Labute approximate surface area is 59.2 Å². The Hall–Kier alpha value is -0.422. The average molecular weight is 184 g/mol. The van der Waals surface area contributed by atoms with E-state index in [4.69, 9.17) is 0 Å². The Bertz CT molecular complexity index is 205. The SMILES string of the molecule is C[AsH](=O)c1ccccc1. The molecule has 0 amide bonds. The van der Waals surface area contributed by atoms with Crippen molar-refractivity contribution >= 4 is 18.9 Å². The van der Waals surface area contributed by atoms with Crippen molar-refractivity contribution in [2.45, 2.75) is 5.71 Å². The first-order valence-electron chi connectivity index (χ1n) is 2.86. The van der Waals surface area contributed by atoms with E-state index in [0.29, 0.717) is 0 Å². The summed E-state index contributed by atoms with van der Waals surface area (Å²) in [5.74, 6) is 0. The number of hydrogen-bond donors (Lipinski definition) is 0. The van der Waals surface area contributed by atoms with Gasteiger partial charge in [0, 0.05) is 0 Å². The molecule has 1 aromatic rings. The van der Waals surface area contributed by atoms with Crippen LogP contribution in [-0.4, -0.2) is 14.6 Å². The van der Waals surface area contributed by atoms with Crippen molar-refractivity contribution < 1.29 is 3.74 Å². The zero-order chi connectivity index (χ0) is 6.69. The summed E-state index contributed by atoms with van der Waals surface area (Å²) in [6.45, 7) is 0. The van der Waals surface area contributed by atoms with E-state index < -0.39 is 14.6 Å². The molecule has 0 saturated heterocycles. The third-order valence-electron chi connectivity index (χ3n) is 1.18. The van der Waals surface area contributed by atoms with Gasteiger partial charge in [-0.25, -0.2) is 0 Å². The maximum atomic E-state index is 10.9. The van der Waals surface area contributed by atoms with Crippen LogP contribution >= 0.6 is 0 Å². The van der Waals surface area contributed by atoms with E-state index in [9.17, 15) is 3.74 Å². The Morgan fingerprint density at radius 3 is 2.11 bits per heavy atom. The van der Waals surface area contributed by atoms with Crippen LogP contribution in [0.25, 0.3) is 0 Å². The average Bonchev–Trinajstić information content (AvgIpc) is 1.90. The molecule has 0 radical (unpaired) electrons. The van der Waals surface area contributed by atoms with Gasteiger partial charge in [-0.2, -0.15) is 0 Å². The second-order valence-electron chi connectivity index (χ2n) is 1.92. The van der Waals surface area contributed by atoms with Gasteiger partial charge < -0.3 is 0 Å². The van der Waals surface area contributed by atoms with E-state index >= 15 is 0 Å². The molecule has 0 N–H and O–H groups in total. The minimum absolute atomic E-state index is 1.03. The normalized spacial score (nSPS) is 13.0. The fourth-order valence-electron chi connectivity index (χ4n) is 0.673. The molecule has 0 aliphatic carbocycles. The van der Waals surface area contributed by atoms with Crippen LogP contribution < -0.4 is 4.35 Å². The second kappa shape index (κ2) is 2.93. The van der Waals surface area contributed by atoms with Gasteiger partial charge in [0.1, 0.15) is 0 Å². The van der Waals surface area contributed by atoms with Crippen LogP contribution in [0.4, 0.5) is 0 Å².